The van der Waals surface area contributed by atoms with Gasteiger partial charge in [-0.25, -0.2) is 0 Å². The van der Waals surface area contributed by atoms with Gasteiger partial charge >= 0.3 is 0 Å². The van der Waals surface area contributed by atoms with Crippen LogP contribution in [-0.4, -0.2) is 18.3 Å². The molecule has 2 heterocycles. The lowest BCUT2D eigenvalue weighted by atomic mass is 9.22. The van der Waals surface area contributed by atoms with Crippen molar-refractivity contribution in [3.63, 3.8) is 0 Å². The smallest absolute Gasteiger partial charge is 0.229 e. The summed E-state index contributed by atoms with van der Waals surface area (Å²) in [5.41, 5.74) is 15.0. The third kappa shape index (κ3) is 6.30. The van der Waals surface area contributed by atoms with Crippen molar-refractivity contribution in [2.24, 2.45) is 10.8 Å². The number of allylic oxidation sites excluding steroid dienone is 9. The highest BCUT2D eigenvalue weighted by Gasteiger charge is 2.58. The molecule has 0 spiro atoms. The molecule has 0 saturated carbocycles. The van der Waals surface area contributed by atoms with Crippen molar-refractivity contribution in [2.45, 2.75) is 85.6 Å². The Labute approximate surface area is 337 Å². The molecule has 4 aromatic carbocycles. The van der Waals surface area contributed by atoms with Crippen molar-refractivity contribution in [1.29, 1.82) is 0 Å². The quantitative estimate of drug-likeness (QED) is 0.144. The number of fused-ring (bicyclic) bond motifs is 4. The average molecular weight is 733 g/mol. The topological polar surface area (TPSA) is 6.48 Å². The SMILES string of the molecule is C=C(/C=C\C=C/C)c1cccc(N2c3cc(-c4ccccc4)ccc3B3c4c2cccc4N(C2(C)C=CC(C(C)(C)C)=CC2)C2C=CC(C(C)(C)C)=CC32C)c1. The monoisotopic (exact) mass is 732 g/mol. The molecule has 4 aliphatic rings. The summed E-state index contributed by atoms with van der Waals surface area (Å²) in [4.78, 5) is 5.32. The highest BCUT2D eigenvalue weighted by Crippen LogP contribution is 2.56. The predicted molar refractivity (Wildman–Crippen MR) is 246 cm³/mol. The minimum absolute atomic E-state index is 0.0129. The second kappa shape index (κ2) is 13.7. The second-order valence-corrected chi connectivity index (χ2v) is 18.8. The lowest BCUT2D eigenvalue weighted by Gasteiger charge is -2.60. The first-order valence-corrected chi connectivity index (χ1v) is 20.5. The van der Waals surface area contributed by atoms with Crippen molar-refractivity contribution in [3.8, 4) is 11.1 Å². The van der Waals surface area contributed by atoms with Gasteiger partial charge in [0.05, 0.1) is 11.6 Å². The number of hydrogen-bond donors (Lipinski definition) is 0. The normalized spacial score (nSPS) is 22.9. The minimum Gasteiger partial charge on any atom is -0.356 e. The van der Waals surface area contributed by atoms with Crippen LogP contribution in [0.3, 0.4) is 0 Å². The molecule has 4 aromatic rings. The van der Waals surface area contributed by atoms with Crippen LogP contribution in [0.25, 0.3) is 16.7 Å². The zero-order chi connectivity index (χ0) is 39.6. The van der Waals surface area contributed by atoms with E-state index in [1.165, 1.54) is 50.3 Å². The van der Waals surface area contributed by atoms with E-state index in [-0.39, 0.29) is 34.4 Å². The summed E-state index contributed by atoms with van der Waals surface area (Å²) in [6.45, 7) is 25.7. The van der Waals surface area contributed by atoms with Crippen LogP contribution in [0.5, 0.6) is 0 Å². The molecule has 0 saturated heterocycles. The Morgan fingerprint density at radius 2 is 1.50 bits per heavy atom. The van der Waals surface area contributed by atoms with E-state index < -0.39 is 0 Å². The standard InChI is InChI=1S/C53H57BN2/c1-11-12-14-19-37(2)39-22-17-23-43(34-39)55-45-24-18-25-46-49(45)54(44-28-26-40(35-47(44)55)38-20-15-13-16-21-38)53(10)36-42(51(6,7)8)27-29-48(53)56(46)52(9)32-30-41(31-33-52)50(3,4)5/h11-32,34-36,48H,2,33H2,1,3-10H3/b12-11-,19-14-. The zero-order valence-corrected chi connectivity index (χ0v) is 34.9. The molecule has 0 fully saturated rings. The lowest BCUT2D eigenvalue weighted by molar-refractivity contribution is 0.420. The predicted octanol–water partition coefficient (Wildman–Crippen LogP) is 13.1. The van der Waals surface area contributed by atoms with Crippen LogP contribution in [0.15, 0.2) is 169 Å². The molecule has 0 aromatic heterocycles. The maximum Gasteiger partial charge on any atom is 0.229 e. The Bertz CT molecular complexity index is 2390. The third-order valence-electron chi connectivity index (χ3n) is 12.7. The molecular formula is C53H57BN2. The van der Waals surface area contributed by atoms with E-state index in [4.69, 9.17) is 0 Å². The van der Waals surface area contributed by atoms with Gasteiger partial charge in [-0.1, -0.05) is 176 Å². The second-order valence-electron chi connectivity index (χ2n) is 18.8. The fourth-order valence-corrected chi connectivity index (χ4v) is 9.62. The summed E-state index contributed by atoms with van der Waals surface area (Å²) in [5.74, 6) is 0. The molecule has 3 atom stereocenters. The molecule has 3 unspecified atom stereocenters. The molecule has 0 bridgehead atoms. The molecule has 0 N–H and O–H groups in total. The van der Waals surface area contributed by atoms with E-state index >= 15 is 0 Å². The van der Waals surface area contributed by atoms with Gasteiger partial charge in [0.1, 0.15) is 0 Å². The van der Waals surface area contributed by atoms with E-state index in [2.05, 4.69) is 217 Å². The van der Waals surface area contributed by atoms with Crippen LogP contribution in [0.1, 0.15) is 74.3 Å². The minimum atomic E-state index is -0.242. The summed E-state index contributed by atoms with van der Waals surface area (Å²) >= 11 is 0. The van der Waals surface area contributed by atoms with Gasteiger partial charge in [0.25, 0.3) is 0 Å². The van der Waals surface area contributed by atoms with E-state index in [0.717, 1.165) is 23.2 Å². The summed E-state index contributed by atoms with van der Waals surface area (Å²) in [5, 5.41) is -0.242. The highest BCUT2D eigenvalue weighted by atomic mass is 15.3. The number of anilines is 4. The van der Waals surface area contributed by atoms with E-state index in [9.17, 15) is 0 Å². The molecule has 2 aliphatic heterocycles. The van der Waals surface area contributed by atoms with Crippen molar-refractivity contribution in [3.05, 3.63) is 175 Å². The highest BCUT2D eigenvalue weighted by molar-refractivity contribution is 6.92. The third-order valence-corrected chi connectivity index (χ3v) is 12.7. The molecule has 2 aliphatic carbocycles. The molecule has 56 heavy (non-hydrogen) atoms. The number of benzene rings is 4. The lowest BCUT2D eigenvalue weighted by Crippen LogP contribution is -2.70. The van der Waals surface area contributed by atoms with Gasteiger partial charge < -0.3 is 9.80 Å². The van der Waals surface area contributed by atoms with Gasteiger partial charge in [0, 0.05) is 22.7 Å². The van der Waals surface area contributed by atoms with Crippen molar-refractivity contribution >= 4 is 46.0 Å². The van der Waals surface area contributed by atoms with E-state index in [1.807, 2.05) is 13.0 Å². The zero-order valence-electron chi connectivity index (χ0n) is 34.9. The van der Waals surface area contributed by atoms with E-state index in [0.29, 0.717) is 0 Å². The van der Waals surface area contributed by atoms with Gasteiger partial charge in [-0.05, 0) is 111 Å². The first kappa shape index (κ1) is 37.6. The van der Waals surface area contributed by atoms with E-state index in [1.54, 1.807) is 0 Å². The number of nitrogens with zero attached hydrogens (tertiary/aromatic N) is 2. The maximum atomic E-state index is 4.47. The summed E-state index contributed by atoms with van der Waals surface area (Å²) < 4.78 is 0. The molecule has 0 radical (unpaired) electrons. The fourth-order valence-electron chi connectivity index (χ4n) is 9.62. The Hall–Kier alpha value is -5.28. The Morgan fingerprint density at radius 1 is 0.768 bits per heavy atom. The summed E-state index contributed by atoms with van der Waals surface area (Å²) in [6.07, 6.45) is 24.3. The van der Waals surface area contributed by atoms with Crippen LogP contribution in [0, 0.1) is 10.8 Å². The van der Waals surface area contributed by atoms with Gasteiger partial charge in [0.15, 0.2) is 0 Å². The van der Waals surface area contributed by atoms with Gasteiger partial charge in [-0.2, -0.15) is 0 Å². The molecule has 8 rings (SSSR count). The first-order chi connectivity index (χ1) is 26.6. The van der Waals surface area contributed by atoms with Crippen LogP contribution in [0.2, 0.25) is 5.31 Å². The maximum absolute atomic E-state index is 4.47. The van der Waals surface area contributed by atoms with Crippen molar-refractivity contribution in [1.82, 2.24) is 0 Å². The fraction of sp³-hybridized carbons (Fsp3) is 0.283. The molecular weight excluding hydrogens is 675 g/mol. The number of rotatable bonds is 6. The van der Waals surface area contributed by atoms with Gasteiger partial charge in [0.2, 0.25) is 6.71 Å². The van der Waals surface area contributed by atoms with Crippen LogP contribution < -0.4 is 20.7 Å². The summed E-state index contributed by atoms with van der Waals surface area (Å²) in [6, 6.07) is 34.2. The van der Waals surface area contributed by atoms with Crippen LogP contribution in [-0.2, 0) is 0 Å². The van der Waals surface area contributed by atoms with Crippen molar-refractivity contribution < 1.29 is 0 Å². The Morgan fingerprint density at radius 3 is 2.20 bits per heavy atom. The Kier molecular flexibility index (Phi) is 9.23. The van der Waals surface area contributed by atoms with Crippen LogP contribution in [0.4, 0.5) is 22.7 Å². The van der Waals surface area contributed by atoms with Gasteiger partial charge in [-0.3, -0.25) is 0 Å². The number of hydrogen-bond acceptors (Lipinski definition) is 2. The molecule has 3 heteroatoms. The average Bonchev–Trinajstić information content (AvgIpc) is 3.17. The Balaban J connectivity index is 1.40. The largest absolute Gasteiger partial charge is 0.356 e. The molecule has 0 amide bonds. The summed E-state index contributed by atoms with van der Waals surface area (Å²) in [7, 11) is 0. The molecule has 2 nitrogen and oxygen atoms in total. The molecule has 282 valence electrons. The van der Waals surface area contributed by atoms with Crippen molar-refractivity contribution in [2.75, 3.05) is 9.80 Å². The van der Waals surface area contributed by atoms with Gasteiger partial charge in [-0.15, -0.1) is 0 Å². The van der Waals surface area contributed by atoms with Crippen LogP contribution >= 0.6 is 0 Å². The first-order valence-electron chi connectivity index (χ1n) is 20.5.